The van der Waals surface area contributed by atoms with Crippen LogP contribution in [0.4, 0.5) is 0 Å². The molecule has 0 spiro atoms. The molecule has 44 heavy (non-hydrogen) atoms. The zero-order valence-electron chi connectivity index (χ0n) is 25.6. The molecule has 0 radical (unpaired) electrons. The van der Waals surface area contributed by atoms with Crippen molar-refractivity contribution in [1.82, 2.24) is 25.8 Å². The number of aromatic nitrogens is 1. The van der Waals surface area contributed by atoms with Crippen molar-refractivity contribution in [3.8, 4) is 0 Å². The molecule has 0 unspecified atom stereocenters. The summed E-state index contributed by atoms with van der Waals surface area (Å²) in [5.74, 6) is -1.04. The summed E-state index contributed by atoms with van der Waals surface area (Å²) in [5.41, 5.74) is 1.82. The molecular formula is C33H41N5O5S. The van der Waals surface area contributed by atoms with E-state index in [0.717, 1.165) is 34.2 Å². The molecule has 2 aliphatic rings. The smallest absolute Gasteiger partial charge is 0.261 e. The Hall–Kier alpha value is -3.99. The molecule has 5 rings (SSSR count). The van der Waals surface area contributed by atoms with E-state index in [-0.39, 0.29) is 73.1 Å². The lowest BCUT2D eigenvalue weighted by Crippen LogP contribution is -2.55. The van der Waals surface area contributed by atoms with E-state index >= 15 is 0 Å². The summed E-state index contributed by atoms with van der Waals surface area (Å²) < 4.78 is 0. The number of hydrogen-bond donors (Lipinski definition) is 4. The number of carbonyl (C=O) groups is 5. The molecule has 5 atom stereocenters. The predicted molar refractivity (Wildman–Crippen MR) is 169 cm³/mol. The van der Waals surface area contributed by atoms with Crippen LogP contribution in [-0.4, -0.2) is 70.0 Å². The van der Waals surface area contributed by atoms with Crippen LogP contribution in [0.3, 0.4) is 0 Å². The lowest BCUT2D eigenvalue weighted by Gasteiger charge is -2.30. The van der Waals surface area contributed by atoms with Gasteiger partial charge in [0.25, 0.3) is 5.91 Å². The van der Waals surface area contributed by atoms with Crippen LogP contribution in [0.5, 0.6) is 0 Å². The number of thiophene rings is 1. The summed E-state index contributed by atoms with van der Waals surface area (Å²) in [7, 11) is 0. The standard InChI is InChI=1S/C33H41N5O5S/c1-18(2)24-10-9-19(3)13-30(40)36-26(14-21-16-34-25-8-6-5-7-23(21)25)33(43)38-17-22(15-27(38)31(41)37-24)35-32(42)29-12-11-28(44-29)20(4)39/h5-8,11-12,16,18-19,22,24,26-27,34H,9-10,13-15,17H2,1-4H3,(H,35,42)(H,36,40)(H,37,41)/t19-,22-,24+,26-,27+/m1/s1. The highest BCUT2D eigenvalue weighted by Gasteiger charge is 2.43. The molecule has 0 aliphatic carbocycles. The topological polar surface area (TPSA) is 140 Å². The maximum Gasteiger partial charge on any atom is 0.261 e. The number of benzene rings is 1. The summed E-state index contributed by atoms with van der Waals surface area (Å²) in [4.78, 5) is 72.0. The fourth-order valence-corrected chi connectivity index (χ4v) is 7.05. The molecule has 2 saturated heterocycles. The van der Waals surface area contributed by atoms with Crippen molar-refractivity contribution in [2.45, 2.75) is 84.0 Å². The zero-order chi connectivity index (χ0) is 31.5. The quantitative estimate of drug-likeness (QED) is 0.311. The number of para-hydroxylation sites is 1. The number of hydrogen-bond acceptors (Lipinski definition) is 6. The van der Waals surface area contributed by atoms with Gasteiger partial charge in [-0.05, 0) is 61.8 Å². The van der Waals surface area contributed by atoms with Crippen molar-refractivity contribution in [2.24, 2.45) is 11.8 Å². The van der Waals surface area contributed by atoms with Crippen molar-refractivity contribution in [2.75, 3.05) is 6.54 Å². The van der Waals surface area contributed by atoms with E-state index in [1.165, 1.54) is 11.8 Å². The second kappa shape index (κ2) is 13.3. The molecule has 4 heterocycles. The fourth-order valence-electron chi connectivity index (χ4n) is 6.25. The average Bonchev–Trinajstić information content (AvgIpc) is 3.73. The van der Waals surface area contributed by atoms with E-state index in [1.807, 2.05) is 37.4 Å². The maximum absolute atomic E-state index is 14.3. The lowest BCUT2D eigenvalue weighted by atomic mass is 9.92. The molecule has 234 valence electrons. The second-order valence-electron chi connectivity index (χ2n) is 12.6. The number of ketones is 1. The van der Waals surface area contributed by atoms with E-state index in [9.17, 15) is 24.0 Å². The van der Waals surface area contributed by atoms with Gasteiger partial charge in [-0.3, -0.25) is 24.0 Å². The Balaban J connectivity index is 1.44. The largest absolute Gasteiger partial charge is 0.361 e. The second-order valence-corrected chi connectivity index (χ2v) is 13.6. The van der Waals surface area contributed by atoms with Gasteiger partial charge in [-0.1, -0.05) is 39.0 Å². The highest BCUT2D eigenvalue weighted by Crippen LogP contribution is 2.26. The first-order valence-corrected chi connectivity index (χ1v) is 16.2. The van der Waals surface area contributed by atoms with Crippen LogP contribution in [0.25, 0.3) is 10.9 Å². The van der Waals surface area contributed by atoms with Crippen molar-refractivity contribution in [3.63, 3.8) is 0 Å². The molecule has 2 fully saturated rings. The first kappa shape index (κ1) is 31.4. The monoisotopic (exact) mass is 619 g/mol. The van der Waals surface area contributed by atoms with Crippen LogP contribution in [0.15, 0.2) is 42.6 Å². The summed E-state index contributed by atoms with van der Waals surface area (Å²) >= 11 is 1.11. The van der Waals surface area contributed by atoms with E-state index in [1.54, 1.807) is 12.1 Å². The molecule has 11 heteroatoms. The minimum absolute atomic E-state index is 0.0814. The number of H-pyrrole nitrogens is 1. The van der Waals surface area contributed by atoms with Gasteiger partial charge in [0.05, 0.1) is 9.75 Å². The third kappa shape index (κ3) is 7.04. The third-order valence-corrected chi connectivity index (χ3v) is 9.95. The normalized spacial score (nSPS) is 25.1. The van der Waals surface area contributed by atoms with Gasteiger partial charge in [0.2, 0.25) is 17.7 Å². The summed E-state index contributed by atoms with van der Waals surface area (Å²) in [6.07, 6.45) is 4.10. The van der Waals surface area contributed by atoms with Gasteiger partial charge in [-0.2, -0.15) is 0 Å². The fraction of sp³-hybridized carbons (Fsp3) is 0.485. The van der Waals surface area contributed by atoms with Crippen LogP contribution in [0, 0.1) is 11.8 Å². The SMILES string of the molecule is CC(=O)c1ccc(C(=O)N[C@@H]2C[C@H]3C(=O)N[C@H](C(C)C)CC[C@@H](C)CC(=O)N[C@H](Cc4c[nH]c5ccccc45)C(=O)N3C2)s1. The Bertz CT molecular complexity index is 1560. The molecule has 0 saturated carbocycles. The Labute approximate surface area is 261 Å². The Kier molecular flexibility index (Phi) is 9.53. The van der Waals surface area contributed by atoms with Crippen molar-refractivity contribution in [3.05, 3.63) is 57.9 Å². The average molecular weight is 620 g/mol. The summed E-state index contributed by atoms with van der Waals surface area (Å²) in [6.45, 7) is 7.69. The van der Waals surface area contributed by atoms with E-state index in [0.29, 0.717) is 16.2 Å². The van der Waals surface area contributed by atoms with Gasteiger partial charge < -0.3 is 25.8 Å². The third-order valence-electron chi connectivity index (χ3n) is 8.77. The van der Waals surface area contributed by atoms with Crippen LogP contribution < -0.4 is 16.0 Å². The molecule has 10 nitrogen and oxygen atoms in total. The van der Waals surface area contributed by atoms with Gasteiger partial charge in [-0.15, -0.1) is 11.3 Å². The Morgan fingerprint density at radius 1 is 1.05 bits per heavy atom. The van der Waals surface area contributed by atoms with Gasteiger partial charge in [0.1, 0.15) is 12.1 Å². The first-order chi connectivity index (χ1) is 21.0. The van der Waals surface area contributed by atoms with Gasteiger partial charge in [-0.25, -0.2) is 0 Å². The van der Waals surface area contributed by atoms with Crippen molar-refractivity contribution in [1.29, 1.82) is 0 Å². The van der Waals surface area contributed by atoms with Crippen LogP contribution in [0.2, 0.25) is 0 Å². The highest BCUT2D eigenvalue weighted by atomic mass is 32.1. The van der Waals surface area contributed by atoms with Gasteiger partial charge in [0.15, 0.2) is 5.78 Å². The number of rotatable bonds is 6. The van der Waals surface area contributed by atoms with Crippen LogP contribution in [-0.2, 0) is 20.8 Å². The lowest BCUT2D eigenvalue weighted by molar-refractivity contribution is -0.141. The molecular weight excluding hydrogens is 578 g/mol. The number of nitrogens with one attached hydrogen (secondary N) is 4. The molecule has 2 aromatic heterocycles. The number of fused-ring (bicyclic) bond motifs is 2. The zero-order valence-corrected chi connectivity index (χ0v) is 26.5. The number of nitrogens with zero attached hydrogens (tertiary/aromatic N) is 1. The number of Topliss-reactive ketones (excluding diaryl/α,β-unsaturated/α-hetero) is 1. The molecule has 1 aromatic carbocycles. The van der Waals surface area contributed by atoms with E-state index < -0.39 is 18.1 Å². The minimum Gasteiger partial charge on any atom is -0.361 e. The predicted octanol–water partition coefficient (Wildman–Crippen LogP) is 3.82. The van der Waals surface area contributed by atoms with Gasteiger partial charge in [0, 0.05) is 48.6 Å². The Morgan fingerprint density at radius 2 is 1.80 bits per heavy atom. The number of aromatic amines is 1. The molecule has 4 N–H and O–H groups in total. The van der Waals surface area contributed by atoms with Crippen LogP contribution >= 0.6 is 11.3 Å². The van der Waals surface area contributed by atoms with E-state index in [2.05, 4.69) is 34.8 Å². The summed E-state index contributed by atoms with van der Waals surface area (Å²) in [5, 5.41) is 10.1. The van der Waals surface area contributed by atoms with Crippen LogP contribution in [0.1, 0.15) is 78.3 Å². The van der Waals surface area contributed by atoms with E-state index in [4.69, 9.17) is 0 Å². The molecule has 4 amide bonds. The minimum atomic E-state index is -0.893. The van der Waals surface area contributed by atoms with Crippen molar-refractivity contribution < 1.29 is 24.0 Å². The molecule has 0 bridgehead atoms. The maximum atomic E-state index is 14.3. The molecule has 2 aliphatic heterocycles. The van der Waals surface area contributed by atoms with Crippen molar-refractivity contribution >= 4 is 51.7 Å². The molecule has 3 aromatic rings. The summed E-state index contributed by atoms with van der Waals surface area (Å²) in [6, 6.07) is 8.71. The highest BCUT2D eigenvalue weighted by molar-refractivity contribution is 7.15. The number of carbonyl (C=O) groups excluding carboxylic acids is 5. The van der Waals surface area contributed by atoms with Gasteiger partial charge >= 0.3 is 0 Å². The Morgan fingerprint density at radius 3 is 2.52 bits per heavy atom. The first-order valence-electron chi connectivity index (χ1n) is 15.4. The number of amides is 4.